The third-order valence-corrected chi connectivity index (χ3v) is 2.20. The van der Waals surface area contributed by atoms with Gasteiger partial charge < -0.3 is 5.32 Å². The van der Waals surface area contributed by atoms with E-state index in [0.29, 0.717) is 0 Å². The van der Waals surface area contributed by atoms with Crippen LogP contribution in [-0.4, -0.2) is 12.2 Å². The molecule has 1 heterocycles. The van der Waals surface area contributed by atoms with Crippen LogP contribution >= 0.6 is 22.6 Å². The van der Waals surface area contributed by atoms with Crippen LogP contribution < -0.4 is 5.32 Å². The molecule has 0 aromatic rings. The maximum absolute atomic E-state index is 12.0. The Morgan fingerprint density at radius 2 is 2.09 bits per heavy atom. The zero-order chi connectivity index (χ0) is 8.48. The molecule has 1 aliphatic heterocycles. The summed E-state index contributed by atoms with van der Waals surface area (Å²) < 4.78 is 36.4. The Kier molecular flexibility index (Phi) is 2.46. The van der Waals surface area contributed by atoms with Crippen molar-refractivity contribution in [1.29, 1.82) is 0 Å². The van der Waals surface area contributed by atoms with E-state index in [1.165, 1.54) is 12.3 Å². The van der Waals surface area contributed by atoms with Gasteiger partial charge in [0.25, 0.3) is 0 Å². The van der Waals surface area contributed by atoms with Gasteiger partial charge in [-0.25, -0.2) is 0 Å². The van der Waals surface area contributed by atoms with Gasteiger partial charge in [0, 0.05) is 3.58 Å². The number of halogens is 4. The summed E-state index contributed by atoms with van der Waals surface area (Å²) >= 11 is 1.67. The highest BCUT2D eigenvalue weighted by molar-refractivity contribution is 14.1. The Morgan fingerprint density at radius 1 is 1.45 bits per heavy atom. The van der Waals surface area contributed by atoms with Crippen molar-refractivity contribution in [1.82, 2.24) is 5.32 Å². The molecule has 62 valence electrons. The molecule has 1 nitrogen and oxygen atoms in total. The van der Waals surface area contributed by atoms with Crippen LogP contribution in [0.15, 0.2) is 21.9 Å². The molecular formula is C6H5F3IN. The van der Waals surface area contributed by atoms with Gasteiger partial charge in [0.2, 0.25) is 0 Å². The number of hydrogen-bond donors (Lipinski definition) is 1. The summed E-state index contributed by atoms with van der Waals surface area (Å²) in [6.45, 7) is 0. The zero-order valence-corrected chi connectivity index (χ0v) is 7.48. The second kappa shape index (κ2) is 3.04. The van der Waals surface area contributed by atoms with Crippen LogP contribution in [0.1, 0.15) is 0 Å². The average Bonchev–Trinajstić information content (AvgIpc) is 1.86. The Hall–Kier alpha value is -0.200. The van der Waals surface area contributed by atoms with E-state index in [1.54, 1.807) is 28.7 Å². The van der Waals surface area contributed by atoms with Gasteiger partial charge in [-0.05, 0) is 40.9 Å². The van der Waals surface area contributed by atoms with Crippen molar-refractivity contribution in [3.8, 4) is 0 Å². The molecular weight excluding hydrogens is 270 g/mol. The van der Waals surface area contributed by atoms with Crippen molar-refractivity contribution in [2.75, 3.05) is 0 Å². The molecule has 0 aliphatic carbocycles. The Bertz CT molecular complexity index is 206. The molecule has 1 N–H and O–H groups in total. The third-order valence-electron chi connectivity index (χ3n) is 1.22. The van der Waals surface area contributed by atoms with Gasteiger partial charge in [0.1, 0.15) is 0 Å². The van der Waals surface area contributed by atoms with Gasteiger partial charge in [0.05, 0.1) is 0 Å². The van der Waals surface area contributed by atoms with Crippen molar-refractivity contribution < 1.29 is 13.2 Å². The Morgan fingerprint density at radius 3 is 2.45 bits per heavy atom. The molecule has 0 spiro atoms. The largest absolute Gasteiger partial charge is 0.413 e. The van der Waals surface area contributed by atoms with Crippen LogP contribution in [0.25, 0.3) is 0 Å². The smallest absolute Gasteiger partial charge is 0.376 e. The van der Waals surface area contributed by atoms with Gasteiger partial charge in [-0.2, -0.15) is 13.2 Å². The quantitative estimate of drug-likeness (QED) is 0.669. The lowest BCUT2D eigenvalue weighted by Crippen LogP contribution is -2.40. The van der Waals surface area contributed by atoms with E-state index in [2.05, 4.69) is 5.32 Å². The maximum Gasteiger partial charge on any atom is 0.413 e. The van der Waals surface area contributed by atoms with Gasteiger partial charge in [-0.1, -0.05) is 0 Å². The van der Waals surface area contributed by atoms with E-state index in [4.69, 9.17) is 0 Å². The second-order valence-corrected chi connectivity index (χ2v) is 3.30. The zero-order valence-electron chi connectivity index (χ0n) is 5.32. The van der Waals surface area contributed by atoms with Gasteiger partial charge >= 0.3 is 6.18 Å². The molecule has 0 aromatic heterocycles. The Labute approximate surface area is 75.5 Å². The fourth-order valence-corrected chi connectivity index (χ4v) is 1.46. The molecule has 1 unspecified atom stereocenters. The van der Waals surface area contributed by atoms with Crippen molar-refractivity contribution in [3.63, 3.8) is 0 Å². The lowest BCUT2D eigenvalue weighted by molar-refractivity contribution is -0.142. The van der Waals surface area contributed by atoms with E-state index in [0.717, 1.165) is 0 Å². The monoisotopic (exact) mass is 275 g/mol. The van der Waals surface area contributed by atoms with Crippen LogP contribution in [0, 0.1) is 0 Å². The van der Waals surface area contributed by atoms with Gasteiger partial charge in [-0.3, -0.25) is 0 Å². The van der Waals surface area contributed by atoms with Crippen molar-refractivity contribution >= 4 is 22.6 Å². The van der Waals surface area contributed by atoms with E-state index in [-0.39, 0.29) is 3.58 Å². The van der Waals surface area contributed by atoms with E-state index < -0.39 is 12.2 Å². The molecule has 0 aromatic carbocycles. The lowest BCUT2D eigenvalue weighted by Gasteiger charge is -2.22. The highest BCUT2D eigenvalue weighted by Gasteiger charge is 2.41. The van der Waals surface area contributed by atoms with Gasteiger partial charge in [0.15, 0.2) is 6.04 Å². The first-order chi connectivity index (χ1) is 5.02. The lowest BCUT2D eigenvalue weighted by atomic mass is 10.2. The van der Waals surface area contributed by atoms with Crippen LogP contribution in [0.3, 0.4) is 0 Å². The summed E-state index contributed by atoms with van der Waals surface area (Å²) in [5, 5.41) is 2.23. The summed E-state index contributed by atoms with van der Waals surface area (Å²) in [5.74, 6) is 0. The minimum absolute atomic E-state index is 0.262. The van der Waals surface area contributed by atoms with E-state index in [1.807, 2.05) is 0 Å². The summed E-state index contributed by atoms with van der Waals surface area (Å²) in [6.07, 6.45) is 0.0807. The predicted molar refractivity (Wildman–Crippen MR) is 44.2 cm³/mol. The molecule has 0 bridgehead atoms. The number of rotatable bonds is 0. The molecule has 1 aliphatic rings. The molecule has 5 heteroatoms. The number of alkyl halides is 3. The summed E-state index contributed by atoms with van der Waals surface area (Å²) in [6, 6.07) is -1.52. The first-order valence-electron chi connectivity index (χ1n) is 2.87. The number of hydrogen-bond acceptors (Lipinski definition) is 1. The number of allylic oxidation sites excluding steroid dienone is 2. The maximum atomic E-state index is 12.0. The van der Waals surface area contributed by atoms with Gasteiger partial charge in [-0.15, -0.1) is 0 Å². The first kappa shape index (κ1) is 8.89. The highest BCUT2D eigenvalue weighted by Crippen LogP contribution is 2.29. The van der Waals surface area contributed by atoms with E-state index in [9.17, 15) is 13.2 Å². The molecule has 0 saturated heterocycles. The molecule has 1 atom stereocenters. The summed E-state index contributed by atoms with van der Waals surface area (Å²) in [5.41, 5.74) is 0. The molecule has 0 radical (unpaired) electrons. The number of nitrogens with one attached hydrogen (secondary N) is 1. The summed E-state index contributed by atoms with van der Waals surface area (Å²) in [7, 11) is 0. The van der Waals surface area contributed by atoms with Crippen molar-refractivity contribution in [3.05, 3.63) is 21.9 Å². The Balaban J connectivity index is 2.76. The van der Waals surface area contributed by atoms with Crippen LogP contribution in [0.5, 0.6) is 0 Å². The highest BCUT2D eigenvalue weighted by atomic mass is 127. The molecule has 0 saturated carbocycles. The number of dihydropyridines is 1. The van der Waals surface area contributed by atoms with Crippen molar-refractivity contribution in [2.45, 2.75) is 12.2 Å². The SMILES string of the molecule is FC(F)(F)C1NC=CC=C1I. The first-order valence-corrected chi connectivity index (χ1v) is 3.94. The van der Waals surface area contributed by atoms with Crippen LogP contribution in [-0.2, 0) is 0 Å². The average molecular weight is 275 g/mol. The van der Waals surface area contributed by atoms with Crippen LogP contribution in [0.4, 0.5) is 13.2 Å². The normalized spacial score (nSPS) is 24.4. The minimum atomic E-state index is -4.20. The van der Waals surface area contributed by atoms with Crippen LogP contribution in [0.2, 0.25) is 0 Å². The minimum Gasteiger partial charge on any atom is -0.376 e. The summed E-state index contributed by atoms with van der Waals surface area (Å²) in [4.78, 5) is 0. The molecule has 11 heavy (non-hydrogen) atoms. The topological polar surface area (TPSA) is 12.0 Å². The second-order valence-electron chi connectivity index (χ2n) is 2.05. The molecule has 1 rings (SSSR count). The fourth-order valence-electron chi connectivity index (χ4n) is 0.718. The molecule has 0 amide bonds. The van der Waals surface area contributed by atoms with Crippen molar-refractivity contribution in [2.24, 2.45) is 0 Å². The predicted octanol–water partition coefficient (Wildman–Crippen LogP) is 2.35. The van der Waals surface area contributed by atoms with E-state index >= 15 is 0 Å². The standard InChI is InChI=1S/C6H5F3IN/c7-6(8,9)5-4(10)2-1-3-11-5/h1-3,5,11H. The molecule has 0 fully saturated rings. The fraction of sp³-hybridized carbons (Fsp3) is 0.333. The third kappa shape index (κ3) is 2.11.